The lowest BCUT2D eigenvalue weighted by atomic mass is 10.2. The monoisotopic (exact) mass is 309 g/mol. The molecule has 1 aromatic carbocycles. The predicted octanol–water partition coefficient (Wildman–Crippen LogP) is 3.24. The molecule has 0 aromatic heterocycles. The van der Waals surface area contributed by atoms with E-state index in [4.69, 9.17) is 11.6 Å². The second-order valence-electron chi connectivity index (χ2n) is 5.77. The summed E-state index contributed by atoms with van der Waals surface area (Å²) in [6, 6.07) is 8.18. The van der Waals surface area contributed by atoms with Gasteiger partial charge in [-0.2, -0.15) is 0 Å². The standard InChI is InChI=1S/C17H28ClN3/c1-2-3-4-8-19-9-10-20-11-13-21(14-12-20)17-7-5-6-16(18)15-17/h5-7,15,19H,2-4,8-14H2,1H3. The van der Waals surface area contributed by atoms with Gasteiger partial charge in [-0.1, -0.05) is 37.4 Å². The SMILES string of the molecule is CCCCCNCCN1CCN(c2cccc(Cl)c2)CC1. The number of rotatable bonds is 8. The van der Waals surface area contributed by atoms with Crippen LogP contribution in [0.3, 0.4) is 0 Å². The molecule has 118 valence electrons. The first-order valence-corrected chi connectivity index (χ1v) is 8.61. The van der Waals surface area contributed by atoms with Crippen LogP contribution in [0.4, 0.5) is 5.69 Å². The van der Waals surface area contributed by atoms with Gasteiger partial charge in [0.15, 0.2) is 0 Å². The molecule has 1 aliphatic heterocycles. The lowest BCUT2D eigenvalue weighted by Crippen LogP contribution is -2.48. The highest BCUT2D eigenvalue weighted by Crippen LogP contribution is 2.20. The fourth-order valence-corrected chi connectivity index (χ4v) is 2.95. The Morgan fingerprint density at radius 2 is 1.90 bits per heavy atom. The van der Waals surface area contributed by atoms with Crippen LogP contribution >= 0.6 is 11.6 Å². The highest BCUT2D eigenvalue weighted by molar-refractivity contribution is 6.30. The number of nitrogens with zero attached hydrogens (tertiary/aromatic N) is 2. The number of halogens is 1. The second-order valence-corrected chi connectivity index (χ2v) is 6.20. The molecular weight excluding hydrogens is 282 g/mol. The van der Waals surface area contributed by atoms with Gasteiger partial charge >= 0.3 is 0 Å². The molecule has 1 aromatic rings. The number of hydrogen-bond donors (Lipinski definition) is 1. The van der Waals surface area contributed by atoms with Crippen molar-refractivity contribution in [2.45, 2.75) is 26.2 Å². The Morgan fingerprint density at radius 3 is 2.62 bits per heavy atom. The molecule has 0 aliphatic carbocycles. The molecule has 0 spiro atoms. The minimum atomic E-state index is 0.825. The maximum Gasteiger partial charge on any atom is 0.0426 e. The van der Waals surface area contributed by atoms with Crippen molar-refractivity contribution >= 4 is 17.3 Å². The van der Waals surface area contributed by atoms with Crippen molar-refractivity contribution in [2.24, 2.45) is 0 Å². The average molecular weight is 310 g/mol. The lowest BCUT2D eigenvalue weighted by molar-refractivity contribution is 0.257. The normalized spacial score (nSPS) is 16.4. The van der Waals surface area contributed by atoms with Crippen LogP contribution in [-0.4, -0.2) is 50.7 Å². The van der Waals surface area contributed by atoms with Crippen molar-refractivity contribution in [1.29, 1.82) is 0 Å². The largest absolute Gasteiger partial charge is 0.369 e. The van der Waals surface area contributed by atoms with Crippen LogP contribution in [0, 0.1) is 0 Å². The van der Waals surface area contributed by atoms with E-state index in [2.05, 4.69) is 34.2 Å². The maximum atomic E-state index is 6.07. The Balaban J connectivity index is 1.62. The summed E-state index contributed by atoms with van der Waals surface area (Å²) in [5.41, 5.74) is 1.25. The van der Waals surface area contributed by atoms with Gasteiger partial charge in [-0.25, -0.2) is 0 Å². The molecule has 2 rings (SSSR count). The minimum Gasteiger partial charge on any atom is -0.369 e. The second kappa shape index (κ2) is 9.29. The van der Waals surface area contributed by atoms with E-state index in [1.165, 1.54) is 24.9 Å². The molecule has 0 radical (unpaired) electrons. The summed E-state index contributed by atoms with van der Waals surface area (Å²) in [5, 5.41) is 4.37. The summed E-state index contributed by atoms with van der Waals surface area (Å²) in [4.78, 5) is 4.98. The molecular formula is C17H28ClN3. The third-order valence-corrected chi connectivity index (χ3v) is 4.34. The van der Waals surface area contributed by atoms with Crippen LogP contribution in [0.15, 0.2) is 24.3 Å². The molecule has 1 N–H and O–H groups in total. The highest BCUT2D eigenvalue weighted by Gasteiger charge is 2.16. The molecule has 0 unspecified atom stereocenters. The molecule has 1 heterocycles. The number of hydrogen-bond acceptors (Lipinski definition) is 3. The molecule has 0 amide bonds. The summed E-state index contributed by atoms with van der Waals surface area (Å²) >= 11 is 6.07. The van der Waals surface area contributed by atoms with Crippen LogP contribution in [0.2, 0.25) is 5.02 Å². The van der Waals surface area contributed by atoms with Crippen molar-refractivity contribution < 1.29 is 0 Å². The zero-order valence-electron chi connectivity index (χ0n) is 13.2. The van der Waals surface area contributed by atoms with Gasteiger partial charge < -0.3 is 10.2 Å². The van der Waals surface area contributed by atoms with Crippen molar-refractivity contribution in [3.8, 4) is 0 Å². The molecule has 0 atom stereocenters. The quantitative estimate of drug-likeness (QED) is 0.744. The predicted molar refractivity (Wildman–Crippen MR) is 92.5 cm³/mol. The smallest absolute Gasteiger partial charge is 0.0426 e. The van der Waals surface area contributed by atoms with Gasteiger partial charge in [-0.3, -0.25) is 4.90 Å². The van der Waals surface area contributed by atoms with E-state index in [1.807, 2.05) is 12.1 Å². The first-order valence-electron chi connectivity index (χ1n) is 8.23. The molecule has 1 saturated heterocycles. The van der Waals surface area contributed by atoms with Crippen molar-refractivity contribution in [2.75, 3.05) is 50.7 Å². The van der Waals surface area contributed by atoms with E-state index in [1.54, 1.807) is 0 Å². The van der Waals surface area contributed by atoms with Gasteiger partial charge in [0.1, 0.15) is 0 Å². The first-order chi connectivity index (χ1) is 10.3. The average Bonchev–Trinajstić information content (AvgIpc) is 2.51. The lowest BCUT2D eigenvalue weighted by Gasteiger charge is -2.36. The van der Waals surface area contributed by atoms with E-state index in [9.17, 15) is 0 Å². The van der Waals surface area contributed by atoms with Gasteiger partial charge in [-0.15, -0.1) is 0 Å². The Hall–Kier alpha value is -0.770. The Bertz CT molecular complexity index is 403. The fraction of sp³-hybridized carbons (Fsp3) is 0.647. The van der Waals surface area contributed by atoms with E-state index >= 15 is 0 Å². The van der Waals surface area contributed by atoms with Gasteiger partial charge in [0.25, 0.3) is 0 Å². The molecule has 1 fully saturated rings. The molecule has 21 heavy (non-hydrogen) atoms. The molecule has 1 aliphatic rings. The summed E-state index contributed by atoms with van der Waals surface area (Å²) in [6.45, 7) is 10.2. The van der Waals surface area contributed by atoms with Crippen LogP contribution in [0.25, 0.3) is 0 Å². The van der Waals surface area contributed by atoms with Gasteiger partial charge in [0.05, 0.1) is 0 Å². The summed E-state index contributed by atoms with van der Waals surface area (Å²) < 4.78 is 0. The van der Waals surface area contributed by atoms with E-state index < -0.39 is 0 Å². The number of benzene rings is 1. The number of unbranched alkanes of at least 4 members (excludes halogenated alkanes) is 2. The van der Waals surface area contributed by atoms with E-state index in [-0.39, 0.29) is 0 Å². The summed E-state index contributed by atoms with van der Waals surface area (Å²) in [7, 11) is 0. The minimum absolute atomic E-state index is 0.825. The molecule has 3 nitrogen and oxygen atoms in total. The van der Waals surface area contributed by atoms with Gasteiger partial charge in [0, 0.05) is 50.0 Å². The number of anilines is 1. The van der Waals surface area contributed by atoms with Crippen molar-refractivity contribution in [3.05, 3.63) is 29.3 Å². The zero-order chi connectivity index (χ0) is 14.9. The van der Waals surface area contributed by atoms with Crippen LogP contribution in [0.1, 0.15) is 26.2 Å². The van der Waals surface area contributed by atoms with Crippen LogP contribution in [0.5, 0.6) is 0 Å². The Kier molecular flexibility index (Phi) is 7.34. The Labute approximate surface area is 134 Å². The third kappa shape index (κ3) is 5.85. The molecule has 4 heteroatoms. The van der Waals surface area contributed by atoms with E-state index in [0.717, 1.165) is 50.8 Å². The van der Waals surface area contributed by atoms with Crippen LogP contribution < -0.4 is 10.2 Å². The first kappa shape index (κ1) is 16.6. The van der Waals surface area contributed by atoms with E-state index in [0.29, 0.717) is 0 Å². The molecule has 0 bridgehead atoms. The Morgan fingerprint density at radius 1 is 1.10 bits per heavy atom. The summed E-state index contributed by atoms with van der Waals surface area (Å²) in [5.74, 6) is 0. The van der Waals surface area contributed by atoms with Crippen molar-refractivity contribution in [3.63, 3.8) is 0 Å². The van der Waals surface area contributed by atoms with Gasteiger partial charge in [0.2, 0.25) is 0 Å². The summed E-state index contributed by atoms with van der Waals surface area (Å²) in [6.07, 6.45) is 3.94. The molecule has 0 saturated carbocycles. The fourth-order valence-electron chi connectivity index (χ4n) is 2.76. The maximum absolute atomic E-state index is 6.07. The number of piperazine rings is 1. The zero-order valence-corrected chi connectivity index (χ0v) is 13.9. The van der Waals surface area contributed by atoms with Crippen molar-refractivity contribution in [1.82, 2.24) is 10.2 Å². The highest BCUT2D eigenvalue weighted by atomic mass is 35.5. The third-order valence-electron chi connectivity index (χ3n) is 4.11. The van der Waals surface area contributed by atoms with Gasteiger partial charge in [-0.05, 0) is 31.2 Å². The number of nitrogens with one attached hydrogen (secondary N) is 1. The topological polar surface area (TPSA) is 18.5 Å². The van der Waals surface area contributed by atoms with Crippen LogP contribution in [-0.2, 0) is 0 Å².